The number of benzene rings is 2. The highest BCUT2D eigenvalue weighted by atomic mass is 19.1. The van der Waals surface area contributed by atoms with Gasteiger partial charge >= 0.3 is 0 Å². The number of aromatic amines is 1. The van der Waals surface area contributed by atoms with E-state index in [9.17, 15) is 4.39 Å². The molecule has 4 aromatic rings. The highest BCUT2D eigenvalue weighted by Gasteiger charge is 2.25. The molecule has 1 aliphatic heterocycles. The van der Waals surface area contributed by atoms with Gasteiger partial charge in [0.25, 0.3) is 0 Å². The molecule has 0 amide bonds. The molecule has 0 aliphatic carbocycles. The number of rotatable bonds is 5. The minimum absolute atomic E-state index is 0.289. The normalized spacial score (nSPS) is 18.7. The van der Waals surface area contributed by atoms with Crippen LogP contribution in [-0.2, 0) is 15.9 Å². The number of hydrogen-bond donors (Lipinski definition) is 1. The van der Waals surface area contributed by atoms with Crippen LogP contribution < -0.4 is 0 Å². The quantitative estimate of drug-likeness (QED) is 0.488. The molecule has 2 aromatic carbocycles. The van der Waals surface area contributed by atoms with E-state index < -0.39 is 6.29 Å². The van der Waals surface area contributed by atoms with Gasteiger partial charge in [0.2, 0.25) is 0 Å². The molecule has 1 aliphatic rings. The predicted molar refractivity (Wildman–Crippen MR) is 115 cm³/mol. The summed E-state index contributed by atoms with van der Waals surface area (Å²) >= 11 is 0. The summed E-state index contributed by atoms with van der Waals surface area (Å²) in [4.78, 5) is 11.5. The van der Waals surface area contributed by atoms with Gasteiger partial charge in [-0.15, -0.1) is 0 Å². The molecule has 1 N–H and O–H groups in total. The standard InChI is InChI=1S/C25H22FN3O2/c26-22-13-20(25-30-15-18(16-31-25)12-17-4-2-1-3-5-17)6-7-21(22)24-28-14-23(29-24)19-8-10-27-11-9-19/h1-11,13-14,18,25H,12,15-16H2,(H,28,29). The van der Waals surface area contributed by atoms with E-state index in [-0.39, 0.29) is 11.7 Å². The van der Waals surface area contributed by atoms with Crippen molar-refractivity contribution < 1.29 is 13.9 Å². The Morgan fingerprint density at radius 1 is 0.968 bits per heavy atom. The van der Waals surface area contributed by atoms with Crippen molar-refractivity contribution >= 4 is 0 Å². The summed E-state index contributed by atoms with van der Waals surface area (Å²) in [5.41, 5.74) is 4.09. The lowest BCUT2D eigenvalue weighted by molar-refractivity contribution is -0.204. The first-order chi connectivity index (χ1) is 15.3. The number of hydrogen-bond acceptors (Lipinski definition) is 4. The second-order valence-corrected chi connectivity index (χ2v) is 7.67. The van der Waals surface area contributed by atoms with Gasteiger partial charge in [0, 0.05) is 29.4 Å². The predicted octanol–water partition coefficient (Wildman–Crippen LogP) is 5.18. The highest BCUT2D eigenvalue weighted by Crippen LogP contribution is 2.30. The summed E-state index contributed by atoms with van der Waals surface area (Å²) in [6, 6.07) is 19.0. The van der Waals surface area contributed by atoms with Crippen LogP contribution in [0, 0.1) is 11.7 Å². The summed E-state index contributed by atoms with van der Waals surface area (Å²) in [6.45, 7) is 1.16. The van der Waals surface area contributed by atoms with Gasteiger partial charge in [0.05, 0.1) is 30.7 Å². The lowest BCUT2D eigenvalue weighted by Gasteiger charge is -2.29. The fourth-order valence-electron chi connectivity index (χ4n) is 3.81. The van der Waals surface area contributed by atoms with Gasteiger partial charge in [0.1, 0.15) is 11.6 Å². The van der Waals surface area contributed by atoms with Gasteiger partial charge < -0.3 is 14.5 Å². The monoisotopic (exact) mass is 415 g/mol. The molecule has 0 saturated carbocycles. The summed E-state index contributed by atoms with van der Waals surface area (Å²) in [7, 11) is 0. The SMILES string of the molecule is Fc1cc(C2OCC(Cc3ccccc3)CO2)ccc1-c1ncc(-c2ccncc2)[nH]1. The third kappa shape index (κ3) is 4.40. The molecule has 31 heavy (non-hydrogen) atoms. The molecule has 0 atom stereocenters. The average molecular weight is 415 g/mol. The first-order valence-electron chi connectivity index (χ1n) is 10.3. The molecule has 5 rings (SSSR count). The Morgan fingerprint density at radius 3 is 2.48 bits per heavy atom. The van der Waals surface area contributed by atoms with E-state index in [1.54, 1.807) is 24.7 Å². The van der Waals surface area contributed by atoms with Gasteiger partial charge in [-0.05, 0) is 36.2 Å². The van der Waals surface area contributed by atoms with Crippen LogP contribution in [0.25, 0.3) is 22.6 Å². The lowest BCUT2D eigenvalue weighted by Crippen LogP contribution is -2.28. The van der Waals surface area contributed by atoms with Gasteiger partial charge in [-0.1, -0.05) is 36.4 Å². The second-order valence-electron chi connectivity index (χ2n) is 7.67. The molecule has 6 heteroatoms. The van der Waals surface area contributed by atoms with Crippen LogP contribution in [-0.4, -0.2) is 28.2 Å². The number of pyridine rings is 1. The smallest absolute Gasteiger partial charge is 0.183 e. The van der Waals surface area contributed by atoms with Crippen LogP contribution in [0.1, 0.15) is 17.4 Å². The maximum absolute atomic E-state index is 14.9. The van der Waals surface area contributed by atoms with E-state index in [0.29, 0.717) is 30.2 Å². The second kappa shape index (κ2) is 8.79. The molecule has 5 nitrogen and oxygen atoms in total. The van der Waals surface area contributed by atoms with Crippen molar-refractivity contribution in [2.75, 3.05) is 13.2 Å². The lowest BCUT2D eigenvalue weighted by atomic mass is 10.00. The Hall–Kier alpha value is -3.35. The minimum Gasteiger partial charge on any atom is -0.348 e. The van der Waals surface area contributed by atoms with Crippen LogP contribution in [0.4, 0.5) is 4.39 Å². The molecule has 1 fully saturated rings. The van der Waals surface area contributed by atoms with Gasteiger partial charge in [-0.25, -0.2) is 9.37 Å². The molecular formula is C25H22FN3O2. The van der Waals surface area contributed by atoms with Crippen molar-refractivity contribution in [1.29, 1.82) is 0 Å². The summed E-state index contributed by atoms with van der Waals surface area (Å²) < 4.78 is 26.7. The molecule has 156 valence electrons. The number of nitrogens with zero attached hydrogens (tertiary/aromatic N) is 2. The minimum atomic E-state index is -0.556. The summed E-state index contributed by atoms with van der Waals surface area (Å²) in [6.07, 6.45) is 5.45. The van der Waals surface area contributed by atoms with Gasteiger partial charge in [0.15, 0.2) is 6.29 Å². The van der Waals surface area contributed by atoms with E-state index in [1.807, 2.05) is 36.4 Å². The Balaban J connectivity index is 1.26. The van der Waals surface area contributed by atoms with Crippen molar-refractivity contribution in [1.82, 2.24) is 15.0 Å². The number of halogens is 1. The highest BCUT2D eigenvalue weighted by molar-refractivity contribution is 5.64. The van der Waals surface area contributed by atoms with Crippen LogP contribution in [0.2, 0.25) is 0 Å². The van der Waals surface area contributed by atoms with Crippen LogP contribution in [0.3, 0.4) is 0 Å². The number of aromatic nitrogens is 3. The fourth-order valence-corrected chi connectivity index (χ4v) is 3.81. The van der Waals surface area contributed by atoms with Crippen LogP contribution in [0.15, 0.2) is 79.3 Å². The van der Waals surface area contributed by atoms with Crippen molar-refractivity contribution in [2.45, 2.75) is 12.7 Å². The maximum Gasteiger partial charge on any atom is 0.183 e. The Kier molecular flexibility index (Phi) is 5.56. The molecule has 2 aromatic heterocycles. The molecule has 3 heterocycles. The molecule has 0 spiro atoms. The number of imidazole rings is 1. The average Bonchev–Trinajstić information content (AvgIpc) is 3.31. The topological polar surface area (TPSA) is 60.0 Å². The summed E-state index contributed by atoms with van der Waals surface area (Å²) in [5, 5.41) is 0. The fraction of sp³-hybridized carbons (Fsp3) is 0.200. The number of ether oxygens (including phenoxy) is 2. The first-order valence-corrected chi connectivity index (χ1v) is 10.3. The van der Waals surface area contributed by atoms with Crippen molar-refractivity contribution in [3.05, 3.63) is 96.2 Å². The zero-order valence-electron chi connectivity index (χ0n) is 16.9. The molecule has 0 radical (unpaired) electrons. The van der Waals surface area contributed by atoms with Gasteiger partial charge in [-0.2, -0.15) is 0 Å². The molecule has 0 bridgehead atoms. The van der Waals surface area contributed by atoms with E-state index in [4.69, 9.17) is 9.47 Å². The van der Waals surface area contributed by atoms with Crippen molar-refractivity contribution in [3.63, 3.8) is 0 Å². The molecule has 1 saturated heterocycles. The zero-order valence-corrected chi connectivity index (χ0v) is 16.9. The van der Waals surface area contributed by atoms with Gasteiger partial charge in [-0.3, -0.25) is 4.98 Å². The molecule has 0 unspecified atom stereocenters. The number of H-pyrrole nitrogens is 1. The largest absolute Gasteiger partial charge is 0.348 e. The Bertz CT molecular complexity index is 1140. The Morgan fingerprint density at radius 2 is 1.74 bits per heavy atom. The molecular weight excluding hydrogens is 393 g/mol. The van der Waals surface area contributed by atoms with Crippen molar-refractivity contribution in [2.24, 2.45) is 5.92 Å². The zero-order chi connectivity index (χ0) is 21.0. The third-order valence-corrected chi connectivity index (χ3v) is 5.42. The van der Waals surface area contributed by atoms with Crippen LogP contribution >= 0.6 is 0 Å². The maximum atomic E-state index is 14.9. The van der Waals surface area contributed by atoms with E-state index in [1.165, 1.54) is 11.6 Å². The summed E-state index contributed by atoms with van der Waals surface area (Å²) in [5.74, 6) is 0.397. The first kappa shape index (κ1) is 19.6. The number of nitrogens with one attached hydrogen (secondary N) is 1. The van der Waals surface area contributed by atoms with E-state index >= 15 is 0 Å². The third-order valence-electron chi connectivity index (χ3n) is 5.42. The van der Waals surface area contributed by atoms with E-state index in [0.717, 1.165) is 17.7 Å². The van der Waals surface area contributed by atoms with Crippen LogP contribution in [0.5, 0.6) is 0 Å². The van der Waals surface area contributed by atoms with Crippen molar-refractivity contribution in [3.8, 4) is 22.6 Å². The van der Waals surface area contributed by atoms with E-state index in [2.05, 4.69) is 27.1 Å². The Labute approximate surface area is 179 Å².